The molecular formula is C18H27NO2. The van der Waals surface area contributed by atoms with Crippen LogP contribution >= 0.6 is 0 Å². The van der Waals surface area contributed by atoms with Crippen molar-refractivity contribution < 1.29 is 9.53 Å². The first-order valence-corrected chi connectivity index (χ1v) is 8.12. The van der Waals surface area contributed by atoms with E-state index in [0.717, 1.165) is 25.9 Å². The van der Waals surface area contributed by atoms with E-state index in [4.69, 9.17) is 4.74 Å². The molecular weight excluding hydrogens is 262 g/mol. The van der Waals surface area contributed by atoms with Crippen molar-refractivity contribution in [3.05, 3.63) is 35.4 Å². The molecule has 1 aromatic carbocycles. The normalized spacial score (nSPS) is 18.7. The van der Waals surface area contributed by atoms with Crippen LogP contribution in [0.2, 0.25) is 0 Å². The van der Waals surface area contributed by atoms with Crippen molar-refractivity contribution in [2.75, 3.05) is 13.2 Å². The predicted molar refractivity (Wildman–Crippen MR) is 85.5 cm³/mol. The minimum absolute atomic E-state index is 0.112. The van der Waals surface area contributed by atoms with Crippen LogP contribution in [-0.4, -0.2) is 25.2 Å². The first-order valence-electron chi connectivity index (χ1n) is 8.12. The zero-order valence-corrected chi connectivity index (χ0v) is 13.2. The summed E-state index contributed by atoms with van der Waals surface area (Å²) in [6, 6.07) is 8.67. The second kappa shape index (κ2) is 8.18. The Hall–Kier alpha value is -1.35. The monoisotopic (exact) mass is 289 g/mol. The second-order valence-corrected chi connectivity index (χ2v) is 6.19. The molecule has 1 aliphatic heterocycles. The molecule has 0 spiro atoms. The van der Waals surface area contributed by atoms with E-state index in [1.54, 1.807) is 0 Å². The van der Waals surface area contributed by atoms with Crippen LogP contribution < -0.4 is 5.32 Å². The van der Waals surface area contributed by atoms with Crippen LogP contribution in [0, 0.1) is 0 Å². The molecule has 0 aromatic heterocycles. The maximum atomic E-state index is 11.9. The lowest BCUT2D eigenvalue weighted by molar-refractivity contribution is -0.124. The number of amides is 1. The zero-order valence-electron chi connectivity index (χ0n) is 13.2. The van der Waals surface area contributed by atoms with Gasteiger partial charge in [-0.05, 0) is 42.7 Å². The van der Waals surface area contributed by atoms with E-state index in [-0.39, 0.29) is 12.0 Å². The third kappa shape index (κ3) is 5.50. The molecule has 116 valence electrons. The van der Waals surface area contributed by atoms with E-state index in [0.29, 0.717) is 18.9 Å². The van der Waals surface area contributed by atoms with Gasteiger partial charge in [-0.3, -0.25) is 4.79 Å². The molecule has 0 saturated carbocycles. The van der Waals surface area contributed by atoms with Gasteiger partial charge in [-0.25, -0.2) is 0 Å². The Balaban J connectivity index is 1.67. The zero-order chi connectivity index (χ0) is 15.1. The Bertz CT molecular complexity index is 433. The third-order valence-electron chi connectivity index (χ3n) is 4.07. The number of benzene rings is 1. The molecule has 0 aliphatic carbocycles. The fraction of sp³-hybridized carbons (Fsp3) is 0.611. The van der Waals surface area contributed by atoms with Gasteiger partial charge < -0.3 is 10.1 Å². The molecule has 2 rings (SSSR count). The summed E-state index contributed by atoms with van der Waals surface area (Å²) < 4.78 is 5.59. The number of hydrogen-bond donors (Lipinski definition) is 1. The maximum Gasteiger partial charge on any atom is 0.222 e. The molecule has 1 fully saturated rings. The molecule has 3 heteroatoms. The first-order chi connectivity index (χ1) is 10.1. The van der Waals surface area contributed by atoms with Gasteiger partial charge in [0.1, 0.15) is 0 Å². The third-order valence-corrected chi connectivity index (χ3v) is 4.07. The van der Waals surface area contributed by atoms with E-state index in [2.05, 4.69) is 43.4 Å². The van der Waals surface area contributed by atoms with E-state index in [1.165, 1.54) is 17.5 Å². The molecule has 1 N–H and O–H groups in total. The van der Waals surface area contributed by atoms with Gasteiger partial charge in [-0.1, -0.05) is 38.1 Å². The molecule has 1 heterocycles. The number of rotatable bonds is 6. The number of ether oxygens (including phenoxy) is 1. The van der Waals surface area contributed by atoms with E-state index in [9.17, 15) is 4.79 Å². The van der Waals surface area contributed by atoms with Crippen molar-refractivity contribution in [1.29, 1.82) is 0 Å². The number of hydrogen-bond acceptors (Lipinski definition) is 2. The van der Waals surface area contributed by atoms with Crippen LogP contribution in [0.5, 0.6) is 0 Å². The molecule has 1 saturated heterocycles. The highest BCUT2D eigenvalue weighted by atomic mass is 16.5. The lowest BCUT2D eigenvalue weighted by Gasteiger charge is -2.21. The smallest absolute Gasteiger partial charge is 0.222 e. The van der Waals surface area contributed by atoms with Crippen LogP contribution in [0.4, 0.5) is 0 Å². The Morgan fingerprint density at radius 3 is 2.67 bits per heavy atom. The van der Waals surface area contributed by atoms with Crippen LogP contribution in [0.3, 0.4) is 0 Å². The Kier molecular flexibility index (Phi) is 6.24. The Labute approximate surface area is 128 Å². The van der Waals surface area contributed by atoms with E-state index in [1.807, 2.05) is 0 Å². The average molecular weight is 289 g/mol. The Morgan fingerprint density at radius 1 is 1.29 bits per heavy atom. The van der Waals surface area contributed by atoms with Crippen molar-refractivity contribution >= 4 is 5.91 Å². The maximum absolute atomic E-state index is 11.9. The molecule has 0 bridgehead atoms. The lowest BCUT2D eigenvalue weighted by Crippen LogP contribution is -2.31. The summed E-state index contributed by atoms with van der Waals surface area (Å²) in [5.41, 5.74) is 2.63. The molecule has 21 heavy (non-hydrogen) atoms. The summed E-state index contributed by atoms with van der Waals surface area (Å²) in [6.45, 7) is 5.90. The highest BCUT2D eigenvalue weighted by Gasteiger charge is 2.17. The molecule has 0 radical (unpaired) electrons. The fourth-order valence-corrected chi connectivity index (χ4v) is 2.66. The van der Waals surface area contributed by atoms with E-state index >= 15 is 0 Å². The van der Waals surface area contributed by atoms with Gasteiger partial charge in [0.25, 0.3) is 0 Å². The minimum Gasteiger partial charge on any atom is -0.378 e. The van der Waals surface area contributed by atoms with Crippen molar-refractivity contribution in [2.45, 2.75) is 58.0 Å². The highest BCUT2D eigenvalue weighted by Crippen LogP contribution is 2.16. The summed E-state index contributed by atoms with van der Waals surface area (Å²) >= 11 is 0. The van der Waals surface area contributed by atoms with Crippen molar-refractivity contribution in [1.82, 2.24) is 5.32 Å². The van der Waals surface area contributed by atoms with Gasteiger partial charge in [0.15, 0.2) is 0 Å². The van der Waals surface area contributed by atoms with Crippen LogP contribution in [0.25, 0.3) is 0 Å². The summed E-state index contributed by atoms with van der Waals surface area (Å²) in [5.74, 6) is 0.676. The fourth-order valence-electron chi connectivity index (χ4n) is 2.66. The van der Waals surface area contributed by atoms with Crippen LogP contribution in [-0.2, 0) is 16.0 Å². The van der Waals surface area contributed by atoms with Crippen LogP contribution in [0.15, 0.2) is 24.3 Å². The summed E-state index contributed by atoms with van der Waals surface area (Å²) in [6.07, 6.45) is 4.85. The van der Waals surface area contributed by atoms with Gasteiger partial charge in [0.05, 0.1) is 12.5 Å². The molecule has 3 nitrogen and oxygen atoms in total. The standard InChI is InChI=1S/C18H27NO2/c1-14(2)16-8-6-15(7-9-16)10-11-19-18(20)13-17-5-3-4-12-21-17/h6-9,14,17H,3-5,10-13H2,1-2H3,(H,19,20). The van der Waals surface area contributed by atoms with Crippen molar-refractivity contribution in [3.63, 3.8) is 0 Å². The van der Waals surface area contributed by atoms with Crippen LogP contribution in [0.1, 0.15) is 56.6 Å². The topological polar surface area (TPSA) is 38.3 Å². The average Bonchev–Trinajstić information content (AvgIpc) is 2.49. The number of carbonyl (C=O) groups excluding carboxylic acids is 1. The van der Waals surface area contributed by atoms with Gasteiger partial charge in [0, 0.05) is 13.2 Å². The van der Waals surface area contributed by atoms with Gasteiger partial charge in [-0.2, -0.15) is 0 Å². The Morgan fingerprint density at radius 2 is 2.05 bits per heavy atom. The molecule has 1 aliphatic rings. The summed E-state index contributed by atoms with van der Waals surface area (Å²) in [7, 11) is 0. The largest absolute Gasteiger partial charge is 0.378 e. The quantitative estimate of drug-likeness (QED) is 0.871. The molecule has 1 unspecified atom stereocenters. The predicted octanol–water partition coefficient (Wildman–Crippen LogP) is 3.43. The highest BCUT2D eigenvalue weighted by molar-refractivity contribution is 5.76. The van der Waals surface area contributed by atoms with Gasteiger partial charge in [0.2, 0.25) is 5.91 Å². The summed E-state index contributed by atoms with van der Waals surface area (Å²) in [4.78, 5) is 11.9. The first kappa shape index (κ1) is 16.0. The van der Waals surface area contributed by atoms with Crippen molar-refractivity contribution in [3.8, 4) is 0 Å². The number of nitrogens with one attached hydrogen (secondary N) is 1. The molecule has 1 amide bonds. The summed E-state index contributed by atoms with van der Waals surface area (Å²) in [5, 5.41) is 3.00. The van der Waals surface area contributed by atoms with Gasteiger partial charge in [-0.15, -0.1) is 0 Å². The molecule has 1 aromatic rings. The van der Waals surface area contributed by atoms with E-state index < -0.39 is 0 Å². The SMILES string of the molecule is CC(C)c1ccc(CCNC(=O)CC2CCCCO2)cc1. The van der Waals surface area contributed by atoms with Gasteiger partial charge >= 0.3 is 0 Å². The van der Waals surface area contributed by atoms with Crippen molar-refractivity contribution in [2.24, 2.45) is 0 Å². The molecule has 1 atom stereocenters. The minimum atomic E-state index is 0.112. The number of carbonyl (C=O) groups is 1. The lowest BCUT2D eigenvalue weighted by atomic mass is 10.0. The second-order valence-electron chi connectivity index (χ2n) is 6.19.